The molecule has 5 nitrogen and oxygen atoms in total. The van der Waals surface area contributed by atoms with E-state index in [2.05, 4.69) is 49.2 Å². The number of carbonyl (C=O) groups excluding carboxylic acids is 1. The summed E-state index contributed by atoms with van der Waals surface area (Å²) in [6.45, 7) is 11.9. The summed E-state index contributed by atoms with van der Waals surface area (Å²) in [5, 5.41) is 10.5. The van der Waals surface area contributed by atoms with Crippen molar-refractivity contribution in [3.63, 3.8) is 0 Å². The summed E-state index contributed by atoms with van der Waals surface area (Å²) in [5.41, 5.74) is 3.05. The molecule has 0 aliphatic heterocycles. The van der Waals surface area contributed by atoms with E-state index in [1.54, 1.807) is 11.3 Å². The van der Waals surface area contributed by atoms with Gasteiger partial charge in [0, 0.05) is 30.1 Å². The number of hydrogen-bond acceptors (Lipinski definition) is 4. The SMILES string of the molecule is Cc1cc(C)n(C[C@H](C)CNC(=O)Cc2csc(C(C)C)n2)n1. The van der Waals surface area contributed by atoms with E-state index < -0.39 is 0 Å². The van der Waals surface area contributed by atoms with Crippen molar-refractivity contribution in [1.29, 1.82) is 0 Å². The van der Waals surface area contributed by atoms with Crippen LogP contribution in [0.3, 0.4) is 0 Å². The van der Waals surface area contributed by atoms with Gasteiger partial charge >= 0.3 is 0 Å². The van der Waals surface area contributed by atoms with Crippen molar-refractivity contribution in [3.8, 4) is 0 Å². The summed E-state index contributed by atoms with van der Waals surface area (Å²) in [6.07, 6.45) is 0.357. The van der Waals surface area contributed by atoms with Crippen LogP contribution in [-0.4, -0.2) is 27.2 Å². The number of aromatic nitrogens is 3. The number of hydrogen-bond donors (Lipinski definition) is 1. The molecule has 0 aliphatic rings. The molecule has 0 unspecified atom stereocenters. The lowest BCUT2D eigenvalue weighted by atomic mass is 10.1. The van der Waals surface area contributed by atoms with E-state index in [9.17, 15) is 4.79 Å². The lowest BCUT2D eigenvalue weighted by molar-refractivity contribution is -0.120. The molecule has 2 heterocycles. The monoisotopic (exact) mass is 334 g/mol. The van der Waals surface area contributed by atoms with Crippen molar-refractivity contribution in [2.24, 2.45) is 5.92 Å². The number of nitrogens with one attached hydrogen (secondary N) is 1. The third-order valence-corrected chi connectivity index (χ3v) is 4.83. The molecule has 6 heteroatoms. The average molecular weight is 334 g/mol. The Kier molecular flexibility index (Phi) is 5.93. The van der Waals surface area contributed by atoms with Gasteiger partial charge in [-0.3, -0.25) is 9.48 Å². The van der Waals surface area contributed by atoms with Crippen LogP contribution in [0.1, 0.15) is 48.8 Å². The maximum absolute atomic E-state index is 12.1. The van der Waals surface area contributed by atoms with Crippen molar-refractivity contribution >= 4 is 17.2 Å². The van der Waals surface area contributed by atoms with Crippen LogP contribution in [0.15, 0.2) is 11.4 Å². The van der Waals surface area contributed by atoms with Crippen LogP contribution >= 0.6 is 11.3 Å². The van der Waals surface area contributed by atoms with Crippen LogP contribution in [0.4, 0.5) is 0 Å². The van der Waals surface area contributed by atoms with Crippen molar-refractivity contribution < 1.29 is 4.79 Å². The fraction of sp³-hybridized carbons (Fsp3) is 0.588. The second kappa shape index (κ2) is 7.73. The van der Waals surface area contributed by atoms with Crippen LogP contribution in [-0.2, 0) is 17.8 Å². The van der Waals surface area contributed by atoms with Crippen molar-refractivity contribution in [1.82, 2.24) is 20.1 Å². The Morgan fingerprint density at radius 2 is 2.09 bits per heavy atom. The van der Waals surface area contributed by atoms with Gasteiger partial charge in [-0.1, -0.05) is 20.8 Å². The fourth-order valence-corrected chi connectivity index (χ4v) is 3.24. The normalized spacial score (nSPS) is 12.6. The molecule has 0 radical (unpaired) electrons. The van der Waals surface area contributed by atoms with Crippen LogP contribution in [0, 0.1) is 19.8 Å². The van der Waals surface area contributed by atoms with Gasteiger partial charge in [0.05, 0.1) is 22.8 Å². The summed E-state index contributed by atoms with van der Waals surface area (Å²) in [7, 11) is 0. The van der Waals surface area contributed by atoms with E-state index in [1.807, 2.05) is 17.0 Å². The molecule has 0 spiro atoms. The first-order chi connectivity index (χ1) is 10.8. The third-order valence-electron chi connectivity index (χ3n) is 3.64. The minimum absolute atomic E-state index is 0.0332. The number of carbonyl (C=O) groups is 1. The van der Waals surface area contributed by atoms with Gasteiger partial charge < -0.3 is 5.32 Å². The molecule has 1 atom stereocenters. The van der Waals surface area contributed by atoms with E-state index >= 15 is 0 Å². The summed E-state index contributed by atoms with van der Waals surface area (Å²) in [4.78, 5) is 16.6. The summed E-state index contributed by atoms with van der Waals surface area (Å²) in [6, 6.07) is 2.07. The van der Waals surface area contributed by atoms with E-state index in [4.69, 9.17) is 0 Å². The Balaban J connectivity index is 1.78. The fourth-order valence-electron chi connectivity index (χ4n) is 2.40. The lowest BCUT2D eigenvalue weighted by Crippen LogP contribution is -2.31. The highest BCUT2D eigenvalue weighted by molar-refractivity contribution is 7.09. The first-order valence-electron chi connectivity index (χ1n) is 8.07. The molecule has 0 bridgehead atoms. The highest BCUT2D eigenvalue weighted by atomic mass is 32.1. The number of nitrogens with zero attached hydrogens (tertiary/aromatic N) is 3. The molecule has 23 heavy (non-hydrogen) atoms. The Morgan fingerprint density at radius 3 is 2.65 bits per heavy atom. The third kappa shape index (κ3) is 5.16. The molecule has 0 aromatic carbocycles. The topological polar surface area (TPSA) is 59.8 Å². The zero-order valence-electron chi connectivity index (χ0n) is 14.6. The van der Waals surface area contributed by atoms with E-state index in [-0.39, 0.29) is 5.91 Å². The predicted octanol–water partition coefficient (Wildman–Crippen LogP) is 3.07. The standard InChI is InChI=1S/C17H26N4OS/c1-11(2)17-19-15(10-23-17)7-16(22)18-8-12(3)9-21-14(5)6-13(4)20-21/h6,10-12H,7-9H2,1-5H3,(H,18,22)/t12-/m1/s1. The maximum Gasteiger partial charge on any atom is 0.226 e. The molecule has 1 amide bonds. The molecule has 2 aromatic rings. The number of amides is 1. The second-order valence-electron chi connectivity index (χ2n) is 6.53. The highest BCUT2D eigenvalue weighted by Crippen LogP contribution is 2.19. The van der Waals surface area contributed by atoms with Gasteiger partial charge in [-0.25, -0.2) is 4.98 Å². The quantitative estimate of drug-likeness (QED) is 0.846. The lowest BCUT2D eigenvalue weighted by Gasteiger charge is -2.13. The first kappa shape index (κ1) is 17.7. The van der Waals surface area contributed by atoms with Crippen molar-refractivity contribution in [3.05, 3.63) is 33.5 Å². The summed E-state index contributed by atoms with van der Waals surface area (Å²) in [5.74, 6) is 0.780. The predicted molar refractivity (Wildman–Crippen MR) is 93.8 cm³/mol. The Morgan fingerprint density at radius 1 is 1.35 bits per heavy atom. The number of rotatable bonds is 7. The molecule has 126 valence electrons. The number of thiazole rings is 1. The van der Waals surface area contributed by atoms with Gasteiger partial charge in [0.1, 0.15) is 0 Å². The Bertz CT molecular complexity index is 659. The largest absolute Gasteiger partial charge is 0.355 e. The van der Waals surface area contributed by atoms with Gasteiger partial charge in [0.25, 0.3) is 0 Å². The van der Waals surface area contributed by atoms with Crippen LogP contribution in [0.2, 0.25) is 0 Å². The smallest absolute Gasteiger partial charge is 0.226 e. The van der Waals surface area contributed by atoms with Gasteiger partial charge in [-0.15, -0.1) is 11.3 Å². The number of aryl methyl sites for hydroxylation is 2. The zero-order chi connectivity index (χ0) is 17.0. The average Bonchev–Trinajstić information content (AvgIpc) is 3.04. The van der Waals surface area contributed by atoms with E-state index in [0.29, 0.717) is 24.8 Å². The molecule has 1 N–H and O–H groups in total. The Hall–Kier alpha value is -1.69. The minimum atomic E-state index is 0.0332. The van der Waals surface area contributed by atoms with Gasteiger partial charge in [0.15, 0.2) is 0 Å². The second-order valence-corrected chi connectivity index (χ2v) is 7.42. The summed E-state index contributed by atoms with van der Waals surface area (Å²) < 4.78 is 2.00. The molecular weight excluding hydrogens is 308 g/mol. The van der Waals surface area contributed by atoms with Gasteiger partial charge in [0.2, 0.25) is 5.91 Å². The van der Waals surface area contributed by atoms with Gasteiger partial charge in [-0.05, 0) is 25.8 Å². The first-order valence-corrected chi connectivity index (χ1v) is 8.95. The van der Waals surface area contributed by atoms with Crippen LogP contribution in [0.5, 0.6) is 0 Å². The molecule has 0 fully saturated rings. The van der Waals surface area contributed by atoms with E-state index in [0.717, 1.165) is 28.6 Å². The van der Waals surface area contributed by atoms with Gasteiger partial charge in [-0.2, -0.15) is 5.10 Å². The molecule has 2 aromatic heterocycles. The zero-order valence-corrected chi connectivity index (χ0v) is 15.4. The highest BCUT2D eigenvalue weighted by Gasteiger charge is 2.12. The van der Waals surface area contributed by atoms with Crippen molar-refractivity contribution in [2.75, 3.05) is 6.54 Å². The van der Waals surface area contributed by atoms with E-state index in [1.165, 1.54) is 0 Å². The van der Waals surface area contributed by atoms with Crippen LogP contribution < -0.4 is 5.32 Å². The Labute approximate surface area is 142 Å². The molecular formula is C17H26N4OS. The van der Waals surface area contributed by atoms with Crippen molar-refractivity contribution in [2.45, 2.75) is 53.5 Å². The molecule has 0 saturated heterocycles. The molecule has 2 rings (SSSR count). The summed E-state index contributed by atoms with van der Waals surface area (Å²) >= 11 is 1.63. The van der Waals surface area contributed by atoms with Crippen LogP contribution in [0.25, 0.3) is 0 Å². The molecule has 0 saturated carbocycles. The molecule has 0 aliphatic carbocycles. The minimum Gasteiger partial charge on any atom is -0.355 e. The maximum atomic E-state index is 12.1.